The monoisotopic (exact) mass is 279 g/mol. The summed E-state index contributed by atoms with van der Waals surface area (Å²) in [5, 5.41) is 2.66. The number of nitrogens with one attached hydrogen (secondary N) is 1. The smallest absolute Gasteiger partial charge is 0.223 e. The highest BCUT2D eigenvalue weighted by Gasteiger charge is 2.14. The molecule has 19 heavy (non-hydrogen) atoms. The average Bonchev–Trinajstić information content (AvgIpc) is 2.37. The fourth-order valence-corrected chi connectivity index (χ4v) is 2.25. The zero-order valence-corrected chi connectivity index (χ0v) is 12.5. The molecule has 0 spiro atoms. The molecule has 0 aromatic heterocycles. The Balaban J connectivity index is 2.69. The fourth-order valence-electron chi connectivity index (χ4n) is 2.05. The van der Waals surface area contributed by atoms with E-state index in [9.17, 15) is 4.79 Å². The first-order valence-corrected chi connectivity index (χ1v) is 6.64. The molecular formula is C14H21N3OS. The van der Waals surface area contributed by atoms with Gasteiger partial charge in [0.05, 0.1) is 0 Å². The number of hydrogen-bond acceptors (Lipinski definition) is 3. The maximum absolute atomic E-state index is 11.5. The predicted molar refractivity (Wildman–Crippen MR) is 81.9 cm³/mol. The first kappa shape index (κ1) is 15.6. The molecule has 0 aliphatic rings. The van der Waals surface area contributed by atoms with Crippen molar-refractivity contribution in [3.8, 4) is 0 Å². The lowest BCUT2D eigenvalue weighted by molar-refractivity contribution is -0.124. The molecule has 0 bridgehead atoms. The second-order valence-corrected chi connectivity index (χ2v) is 5.17. The second-order valence-electron chi connectivity index (χ2n) is 4.73. The SMILES string of the molecule is CNC(=O)C(C)CN(C)Cc1ccccc1C(N)=S. The van der Waals surface area contributed by atoms with Crippen molar-refractivity contribution in [2.24, 2.45) is 11.7 Å². The summed E-state index contributed by atoms with van der Waals surface area (Å²) in [6.45, 7) is 3.31. The van der Waals surface area contributed by atoms with Crippen LogP contribution < -0.4 is 11.1 Å². The molecule has 1 amide bonds. The molecule has 104 valence electrons. The van der Waals surface area contributed by atoms with E-state index < -0.39 is 0 Å². The minimum atomic E-state index is -0.0491. The number of carbonyl (C=O) groups excluding carboxylic acids is 1. The molecule has 3 N–H and O–H groups in total. The third-order valence-corrected chi connectivity index (χ3v) is 3.22. The summed E-state index contributed by atoms with van der Waals surface area (Å²) in [5.41, 5.74) is 7.69. The Kier molecular flexibility index (Phi) is 5.92. The first-order valence-electron chi connectivity index (χ1n) is 6.23. The number of nitrogens with two attached hydrogens (primary N) is 1. The standard InChI is InChI=1S/C14H21N3OS/c1-10(14(18)16-2)8-17(3)9-11-6-4-5-7-12(11)13(15)19/h4-7,10H,8-9H2,1-3H3,(H2,15,19)(H,16,18). The number of hydrogen-bond donors (Lipinski definition) is 2. The van der Waals surface area contributed by atoms with Gasteiger partial charge in [-0.2, -0.15) is 0 Å². The lowest BCUT2D eigenvalue weighted by Crippen LogP contribution is -2.34. The Morgan fingerprint density at radius 1 is 1.47 bits per heavy atom. The molecular weight excluding hydrogens is 258 g/mol. The number of carbonyl (C=O) groups is 1. The molecule has 0 saturated heterocycles. The lowest BCUT2D eigenvalue weighted by atomic mass is 10.1. The maximum atomic E-state index is 11.5. The van der Waals surface area contributed by atoms with Gasteiger partial charge in [0.25, 0.3) is 0 Å². The Morgan fingerprint density at radius 2 is 2.11 bits per heavy atom. The quantitative estimate of drug-likeness (QED) is 0.767. The molecule has 1 rings (SSSR count). The zero-order chi connectivity index (χ0) is 14.4. The van der Waals surface area contributed by atoms with E-state index in [1.165, 1.54) is 0 Å². The van der Waals surface area contributed by atoms with E-state index in [0.29, 0.717) is 11.5 Å². The van der Waals surface area contributed by atoms with Crippen LogP contribution in [0.1, 0.15) is 18.1 Å². The van der Waals surface area contributed by atoms with Gasteiger partial charge in [0, 0.05) is 31.6 Å². The van der Waals surface area contributed by atoms with Gasteiger partial charge in [-0.1, -0.05) is 43.4 Å². The Bertz CT molecular complexity index is 462. The van der Waals surface area contributed by atoms with Gasteiger partial charge in [0.2, 0.25) is 5.91 Å². The number of benzene rings is 1. The van der Waals surface area contributed by atoms with Crippen LogP contribution in [0.2, 0.25) is 0 Å². The van der Waals surface area contributed by atoms with Crippen LogP contribution >= 0.6 is 12.2 Å². The summed E-state index contributed by atoms with van der Waals surface area (Å²) in [6, 6.07) is 7.82. The second kappa shape index (κ2) is 7.21. The highest BCUT2D eigenvalue weighted by molar-refractivity contribution is 7.80. The topological polar surface area (TPSA) is 58.4 Å². The van der Waals surface area contributed by atoms with Gasteiger partial charge in [-0.05, 0) is 12.6 Å². The van der Waals surface area contributed by atoms with E-state index in [1.807, 2.05) is 38.2 Å². The van der Waals surface area contributed by atoms with Crippen LogP contribution in [0.25, 0.3) is 0 Å². The zero-order valence-electron chi connectivity index (χ0n) is 11.6. The summed E-state index contributed by atoms with van der Waals surface area (Å²) in [7, 11) is 3.64. The van der Waals surface area contributed by atoms with Crippen molar-refractivity contribution < 1.29 is 4.79 Å². The molecule has 5 heteroatoms. The molecule has 1 atom stereocenters. The van der Waals surface area contributed by atoms with Gasteiger partial charge in [0.1, 0.15) is 4.99 Å². The number of nitrogens with zero attached hydrogens (tertiary/aromatic N) is 1. The maximum Gasteiger partial charge on any atom is 0.223 e. The van der Waals surface area contributed by atoms with Crippen LogP contribution in [0.5, 0.6) is 0 Å². The van der Waals surface area contributed by atoms with Crippen molar-refractivity contribution in [2.45, 2.75) is 13.5 Å². The molecule has 0 saturated carbocycles. The summed E-state index contributed by atoms with van der Waals surface area (Å²) in [5.74, 6) is 0.00136. The summed E-state index contributed by atoms with van der Waals surface area (Å²) < 4.78 is 0. The van der Waals surface area contributed by atoms with Crippen molar-refractivity contribution in [1.29, 1.82) is 0 Å². The molecule has 0 fully saturated rings. The van der Waals surface area contributed by atoms with Crippen molar-refractivity contribution in [1.82, 2.24) is 10.2 Å². The van der Waals surface area contributed by atoms with E-state index in [1.54, 1.807) is 7.05 Å². The van der Waals surface area contributed by atoms with Crippen molar-refractivity contribution in [3.63, 3.8) is 0 Å². The first-order chi connectivity index (χ1) is 8.95. The Labute approximate surface area is 120 Å². The van der Waals surface area contributed by atoms with Crippen LogP contribution in [0.3, 0.4) is 0 Å². The molecule has 4 nitrogen and oxygen atoms in total. The minimum absolute atomic E-state index is 0.0491. The summed E-state index contributed by atoms with van der Waals surface area (Å²) >= 11 is 5.05. The van der Waals surface area contributed by atoms with E-state index in [2.05, 4.69) is 10.2 Å². The van der Waals surface area contributed by atoms with Crippen molar-refractivity contribution >= 4 is 23.1 Å². The van der Waals surface area contributed by atoms with E-state index in [-0.39, 0.29) is 11.8 Å². The Hall–Kier alpha value is -1.46. The molecule has 0 aliphatic heterocycles. The Morgan fingerprint density at radius 3 is 2.68 bits per heavy atom. The van der Waals surface area contributed by atoms with Gasteiger partial charge in [-0.25, -0.2) is 0 Å². The highest BCUT2D eigenvalue weighted by Crippen LogP contribution is 2.12. The van der Waals surface area contributed by atoms with E-state index >= 15 is 0 Å². The van der Waals surface area contributed by atoms with E-state index in [0.717, 1.165) is 17.7 Å². The van der Waals surface area contributed by atoms with Gasteiger partial charge in [-0.3, -0.25) is 4.79 Å². The normalized spacial score (nSPS) is 12.2. The number of thiocarbonyl (C=S) groups is 1. The van der Waals surface area contributed by atoms with Crippen LogP contribution in [0.4, 0.5) is 0 Å². The highest BCUT2D eigenvalue weighted by atomic mass is 32.1. The molecule has 1 aromatic carbocycles. The molecule has 0 radical (unpaired) electrons. The molecule has 1 aromatic rings. The fraction of sp³-hybridized carbons (Fsp3) is 0.429. The third kappa shape index (κ3) is 4.61. The summed E-state index contributed by atoms with van der Waals surface area (Å²) in [6.07, 6.45) is 0. The van der Waals surface area contributed by atoms with Crippen molar-refractivity contribution in [2.75, 3.05) is 20.6 Å². The average molecular weight is 279 g/mol. The minimum Gasteiger partial charge on any atom is -0.389 e. The lowest BCUT2D eigenvalue weighted by Gasteiger charge is -2.21. The third-order valence-electron chi connectivity index (χ3n) is 3.00. The van der Waals surface area contributed by atoms with Gasteiger partial charge >= 0.3 is 0 Å². The number of rotatable bonds is 6. The van der Waals surface area contributed by atoms with Gasteiger partial charge < -0.3 is 16.0 Å². The van der Waals surface area contributed by atoms with Crippen LogP contribution in [0, 0.1) is 5.92 Å². The predicted octanol–water partition coefficient (Wildman–Crippen LogP) is 1.13. The van der Waals surface area contributed by atoms with Crippen LogP contribution in [-0.4, -0.2) is 36.4 Å². The van der Waals surface area contributed by atoms with Gasteiger partial charge in [-0.15, -0.1) is 0 Å². The van der Waals surface area contributed by atoms with Crippen LogP contribution in [0.15, 0.2) is 24.3 Å². The molecule has 0 aliphatic carbocycles. The van der Waals surface area contributed by atoms with E-state index in [4.69, 9.17) is 18.0 Å². The molecule has 1 unspecified atom stereocenters. The largest absolute Gasteiger partial charge is 0.389 e. The van der Waals surface area contributed by atoms with Gasteiger partial charge in [0.15, 0.2) is 0 Å². The molecule has 0 heterocycles. The van der Waals surface area contributed by atoms with Crippen molar-refractivity contribution in [3.05, 3.63) is 35.4 Å². The summed E-state index contributed by atoms with van der Waals surface area (Å²) in [4.78, 5) is 14.0. The number of amides is 1. The van der Waals surface area contributed by atoms with Crippen LogP contribution in [-0.2, 0) is 11.3 Å².